The number of rotatable bonds is 5. The Bertz CT molecular complexity index is 586. The Morgan fingerprint density at radius 3 is 2.50 bits per heavy atom. The molecule has 3 rings (SSSR count). The van der Waals surface area contributed by atoms with Crippen molar-refractivity contribution in [2.75, 3.05) is 6.61 Å². The van der Waals surface area contributed by atoms with Crippen molar-refractivity contribution in [1.29, 1.82) is 0 Å². The molecule has 1 aromatic rings. The van der Waals surface area contributed by atoms with Gasteiger partial charge >= 0.3 is 0 Å². The molecule has 7 nitrogen and oxygen atoms in total. The Kier molecular flexibility index (Phi) is 4.92. The van der Waals surface area contributed by atoms with Crippen LogP contribution in [0.15, 0.2) is 0 Å². The predicted octanol–water partition coefficient (Wildman–Crippen LogP) is 1.00. The topological polar surface area (TPSA) is 97.3 Å². The van der Waals surface area contributed by atoms with E-state index in [2.05, 4.69) is 10.1 Å². The zero-order chi connectivity index (χ0) is 17.4. The number of amides is 1. The van der Waals surface area contributed by atoms with Gasteiger partial charge in [0.25, 0.3) is 0 Å². The molecule has 2 aliphatic heterocycles. The van der Waals surface area contributed by atoms with Gasteiger partial charge in [0.2, 0.25) is 5.91 Å². The van der Waals surface area contributed by atoms with Gasteiger partial charge in [0.15, 0.2) is 0 Å². The number of carbonyl (C=O) groups is 1. The lowest BCUT2D eigenvalue weighted by molar-refractivity contribution is -0.137. The van der Waals surface area contributed by atoms with E-state index in [1.54, 1.807) is 4.68 Å². The van der Waals surface area contributed by atoms with Gasteiger partial charge in [-0.1, -0.05) is 13.8 Å². The van der Waals surface area contributed by atoms with Gasteiger partial charge in [-0.2, -0.15) is 5.10 Å². The summed E-state index contributed by atoms with van der Waals surface area (Å²) in [4.78, 5) is 19.4. The lowest BCUT2D eigenvalue weighted by Crippen LogP contribution is -2.48. The minimum Gasteiger partial charge on any atom is -0.396 e. The van der Waals surface area contributed by atoms with Crippen LogP contribution in [0.25, 0.3) is 0 Å². The molecule has 24 heavy (non-hydrogen) atoms. The zero-order valence-electron chi connectivity index (χ0n) is 14.9. The Balaban J connectivity index is 1.74. The summed E-state index contributed by atoms with van der Waals surface area (Å²) in [6.45, 7) is 6.34. The number of hydrogen-bond donors (Lipinski definition) is 2. The Morgan fingerprint density at radius 2 is 1.96 bits per heavy atom. The molecule has 0 saturated carbocycles. The first-order valence-corrected chi connectivity index (χ1v) is 8.99. The third kappa shape index (κ3) is 3.19. The summed E-state index contributed by atoms with van der Waals surface area (Å²) < 4.78 is 1.68. The average molecular weight is 335 g/mol. The Hall–Kier alpha value is -1.47. The van der Waals surface area contributed by atoms with Crippen molar-refractivity contribution in [3.8, 4) is 0 Å². The fraction of sp³-hybridized carbons (Fsp3) is 0.824. The van der Waals surface area contributed by atoms with E-state index in [9.17, 15) is 9.90 Å². The van der Waals surface area contributed by atoms with Crippen molar-refractivity contribution in [2.24, 2.45) is 17.6 Å². The number of carbonyl (C=O) groups excluding carboxylic acids is 1. The van der Waals surface area contributed by atoms with Crippen LogP contribution in [0.4, 0.5) is 0 Å². The average Bonchev–Trinajstić information content (AvgIpc) is 3.03. The van der Waals surface area contributed by atoms with Crippen molar-refractivity contribution >= 4 is 5.91 Å². The van der Waals surface area contributed by atoms with Gasteiger partial charge in [-0.25, -0.2) is 9.67 Å². The molecule has 1 unspecified atom stereocenters. The number of aliphatic hydroxyl groups is 1. The SMILES string of the molecule is Cc1nc([C@@H](N)C(C)C)n(CC(=O)N2[C@@H]3CC[C@H]2CC(CO)C3)n1. The molecule has 0 aliphatic carbocycles. The third-order valence-electron chi connectivity index (χ3n) is 5.48. The monoisotopic (exact) mass is 335 g/mol. The van der Waals surface area contributed by atoms with E-state index in [1.807, 2.05) is 25.7 Å². The summed E-state index contributed by atoms with van der Waals surface area (Å²) in [6.07, 6.45) is 3.91. The van der Waals surface area contributed by atoms with Crippen molar-refractivity contribution in [3.63, 3.8) is 0 Å². The molecule has 2 saturated heterocycles. The van der Waals surface area contributed by atoms with Gasteiger partial charge in [0.05, 0.1) is 6.04 Å². The lowest BCUT2D eigenvalue weighted by atomic mass is 9.91. The van der Waals surface area contributed by atoms with Gasteiger partial charge in [0, 0.05) is 18.7 Å². The first-order valence-electron chi connectivity index (χ1n) is 8.99. The van der Waals surface area contributed by atoms with E-state index in [0.29, 0.717) is 17.6 Å². The molecular weight excluding hydrogens is 306 g/mol. The van der Waals surface area contributed by atoms with E-state index in [4.69, 9.17) is 5.73 Å². The summed E-state index contributed by atoms with van der Waals surface area (Å²) in [6, 6.07) is 0.302. The molecule has 2 bridgehead atoms. The molecule has 0 aromatic carbocycles. The van der Waals surface area contributed by atoms with Gasteiger partial charge in [-0.15, -0.1) is 0 Å². The van der Waals surface area contributed by atoms with Crippen molar-refractivity contribution in [2.45, 2.75) is 71.1 Å². The normalized spacial score (nSPS) is 27.8. The van der Waals surface area contributed by atoms with E-state index in [0.717, 1.165) is 25.7 Å². The molecule has 2 fully saturated rings. The van der Waals surface area contributed by atoms with E-state index < -0.39 is 0 Å². The minimum atomic E-state index is -0.226. The number of aryl methyl sites for hydroxylation is 1. The fourth-order valence-electron chi connectivity index (χ4n) is 4.19. The molecule has 4 atom stereocenters. The molecule has 0 radical (unpaired) electrons. The molecular formula is C17H29N5O2. The van der Waals surface area contributed by atoms with Crippen molar-refractivity contribution < 1.29 is 9.90 Å². The quantitative estimate of drug-likeness (QED) is 0.837. The van der Waals surface area contributed by atoms with Crippen LogP contribution in [0.2, 0.25) is 0 Å². The van der Waals surface area contributed by atoms with E-state index >= 15 is 0 Å². The lowest BCUT2D eigenvalue weighted by Gasteiger charge is -2.38. The molecule has 0 spiro atoms. The highest BCUT2D eigenvalue weighted by Gasteiger charge is 2.43. The first-order chi connectivity index (χ1) is 11.4. The standard InChI is InChI=1S/C17H29N5O2/c1-10(2)16(18)17-19-11(3)20-21(17)8-15(24)22-13-4-5-14(22)7-12(6-13)9-23/h10,12-14,16,23H,4-9,18H2,1-3H3/t12?,13-,14+,16-/m0/s1. The minimum absolute atomic E-state index is 0.0981. The van der Waals surface area contributed by atoms with Gasteiger partial charge in [-0.3, -0.25) is 4.79 Å². The van der Waals surface area contributed by atoms with E-state index in [1.165, 1.54) is 0 Å². The second kappa shape index (κ2) is 6.80. The highest BCUT2D eigenvalue weighted by molar-refractivity contribution is 5.77. The maximum absolute atomic E-state index is 12.9. The molecule has 2 aliphatic rings. The first kappa shape index (κ1) is 17.4. The summed E-state index contributed by atoms with van der Waals surface area (Å²) in [5, 5.41) is 13.8. The number of piperidine rings is 1. The number of aromatic nitrogens is 3. The largest absolute Gasteiger partial charge is 0.396 e. The van der Waals surface area contributed by atoms with Crippen molar-refractivity contribution in [1.82, 2.24) is 19.7 Å². The van der Waals surface area contributed by atoms with Crippen LogP contribution >= 0.6 is 0 Å². The Morgan fingerprint density at radius 1 is 1.33 bits per heavy atom. The highest BCUT2D eigenvalue weighted by atomic mass is 16.3. The highest BCUT2D eigenvalue weighted by Crippen LogP contribution is 2.38. The summed E-state index contributed by atoms with van der Waals surface area (Å²) >= 11 is 0. The summed E-state index contributed by atoms with van der Waals surface area (Å²) in [7, 11) is 0. The number of aliphatic hydroxyl groups excluding tert-OH is 1. The number of nitrogens with zero attached hydrogens (tertiary/aromatic N) is 4. The maximum Gasteiger partial charge on any atom is 0.244 e. The fourth-order valence-corrected chi connectivity index (χ4v) is 4.19. The second-order valence-electron chi connectivity index (χ2n) is 7.65. The van der Waals surface area contributed by atoms with Crippen LogP contribution in [0.1, 0.15) is 57.2 Å². The van der Waals surface area contributed by atoms with Crippen LogP contribution in [0.5, 0.6) is 0 Å². The van der Waals surface area contributed by atoms with Crippen molar-refractivity contribution in [3.05, 3.63) is 11.6 Å². The smallest absolute Gasteiger partial charge is 0.244 e. The molecule has 1 amide bonds. The van der Waals surface area contributed by atoms with E-state index in [-0.39, 0.29) is 43.1 Å². The number of fused-ring (bicyclic) bond motifs is 2. The van der Waals surface area contributed by atoms with Crippen LogP contribution in [-0.4, -0.2) is 49.4 Å². The van der Waals surface area contributed by atoms with Crippen LogP contribution in [-0.2, 0) is 11.3 Å². The maximum atomic E-state index is 12.9. The summed E-state index contributed by atoms with van der Waals surface area (Å²) in [5.74, 6) is 2.01. The predicted molar refractivity (Wildman–Crippen MR) is 90.0 cm³/mol. The van der Waals surface area contributed by atoms with Gasteiger partial charge < -0.3 is 15.7 Å². The number of nitrogens with two attached hydrogens (primary N) is 1. The number of hydrogen-bond acceptors (Lipinski definition) is 5. The van der Waals surface area contributed by atoms with Crippen LogP contribution < -0.4 is 5.73 Å². The Labute approximate surface area is 143 Å². The van der Waals surface area contributed by atoms with Gasteiger partial charge in [-0.05, 0) is 44.4 Å². The third-order valence-corrected chi connectivity index (χ3v) is 5.48. The molecule has 134 valence electrons. The second-order valence-corrected chi connectivity index (χ2v) is 7.65. The zero-order valence-corrected chi connectivity index (χ0v) is 14.9. The molecule has 3 N–H and O–H groups in total. The molecule has 7 heteroatoms. The van der Waals surface area contributed by atoms with Crippen LogP contribution in [0.3, 0.4) is 0 Å². The van der Waals surface area contributed by atoms with Gasteiger partial charge in [0.1, 0.15) is 18.2 Å². The molecule has 3 heterocycles. The molecule has 1 aromatic heterocycles. The summed E-state index contributed by atoms with van der Waals surface area (Å²) in [5.41, 5.74) is 6.23. The van der Waals surface area contributed by atoms with Crippen LogP contribution in [0, 0.1) is 18.8 Å².